The van der Waals surface area contributed by atoms with Crippen molar-refractivity contribution in [3.63, 3.8) is 0 Å². The highest BCUT2D eigenvalue weighted by Crippen LogP contribution is 2.19. The van der Waals surface area contributed by atoms with Crippen LogP contribution < -0.4 is 5.32 Å². The van der Waals surface area contributed by atoms with E-state index in [0.717, 1.165) is 23.5 Å². The highest BCUT2D eigenvalue weighted by Gasteiger charge is 2.04. The number of aromatic nitrogens is 2. The van der Waals surface area contributed by atoms with Crippen LogP contribution in [0.25, 0.3) is 11.4 Å². The Morgan fingerprint density at radius 1 is 1.24 bits per heavy atom. The number of hydrogen-bond donors (Lipinski definition) is 2. The van der Waals surface area contributed by atoms with Gasteiger partial charge in [0.15, 0.2) is 0 Å². The van der Waals surface area contributed by atoms with E-state index in [-0.39, 0.29) is 0 Å². The zero-order valence-corrected chi connectivity index (χ0v) is 10.6. The third-order valence-electron chi connectivity index (χ3n) is 2.70. The molecule has 2 aromatic rings. The van der Waals surface area contributed by atoms with Crippen molar-refractivity contribution in [3.05, 3.63) is 36.2 Å². The van der Waals surface area contributed by atoms with Gasteiger partial charge in [-0.25, -0.2) is 4.98 Å². The molecule has 3 nitrogen and oxygen atoms in total. The van der Waals surface area contributed by atoms with E-state index < -0.39 is 0 Å². The van der Waals surface area contributed by atoms with Crippen LogP contribution in [-0.2, 0) is 6.42 Å². The van der Waals surface area contributed by atoms with Gasteiger partial charge in [0, 0.05) is 30.2 Å². The van der Waals surface area contributed by atoms with Crippen LogP contribution in [0.4, 0.5) is 5.69 Å². The van der Waals surface area contributed by atoms with Gasteiger partial charge in [-0.05, 0) is 36.6 Å². The maximum Gasteiger partial charge on any atom is 0.137 e. The summed E-state index contributed by atoms with van der Waals surface area (Å²) in [5.74, 6) is 1.60. The molecule has 0 fully saturated rings. The lowest BCUT2D eigenvalue weighted by molar-refractivity contribution is 0.638. The summed E-state index contributed by atoms with van der Waals surface area (Å²) in [5.41, 5.74) is 3.44. The smallest absolute Gasteiger partial charge is 0.137 e. The van der Waals surface area contributed by atoms with Crippen LogP contribution >= 0.6 is 0 Å². The van der Waals surface area contributed by atoms with Crippen LogP contribution in [0, 0.1) is 5.92 Å². The number of benzene rings is 1. The number of H-pyrrole nitrogens is 1. The summed E-state index contributed by atoms with van der Waals surface area (Å²) in [5, 5.41) is 3.11. The first-order valence-corrected chi connectivity index (χ1v) is 6.01. The average molecular weight is 229 g/mol. The van der Waals surface area contributed by atoms with E-state index >= 15 is 0 Å². The second-order valence-electron chi connectivity index (χ2n) is 4.68. The van der Waals surface area contributed by atoms with Gasteiger partial charge in [-0.2, -0.15) is 0 Å². The minimum absolute atomic E-state index is 0.648. The number of anilines is 1. The summed E-state index contributed by atoms with van der Waals surface area (Å²) >= 11 is 0. The largest absolute Gasteiger partial charge is 0.388 e. The SMILES string of the molecule is CNc1ccc(-c2ncc(CC(C)C)[nH]2)cc1. The fourth-order valence-electron chi connectivity index (χ4n) is 1.84. The van der Waals surface area contributed by atoms with Gasteiger partial charge < -0.3 is 10.3 Å². The Hall–Kier alpha value is -1.77. The van der Waals surface area contributed by atoms with Gasteiger partial charge in [0.05, 0.1) is 0 Å². The molecule has 0 saturated heterocycles. The lowest BCUT2D eigenvalue weighted by Crippen LogP contribution is -1.93. The molecule has 0 spiro atoms. The van der Waals surface area contributed by atoms with Crippen molar-refractivity contribution in [1.82, 2.24) is 9.97 Å². The predicted octanol–water partition coefficient (Wildman–Crippen LogP) is 3.32. The molecule has 0 amide bonds. The monoisotopic (exact) mass is 229 g/mol. The topological polar surface area (TPSA) is 40.7 Å². The summed E-state index contributed by atoms with van der Waals surface area (Å²) in [6, 6.07) is 8.26. The Labute approximate surface area is 102 Å². The molecule has 1 heterocycles. The summed E-state index contributed by atoms with van der Waals surface area (Å²) in [6.45, 7) is 4.42. The zero-order valence-electron chi connectivity index (χ0n) is 10.6. The van der Waals surface area contributed by atoms with Crippen molar-refractivity contribution in [2.24, 2.45) is 5.92 Å². The van der Waals surface area contributed by atoms with Crippen molar-refractivity contribution in [2.45, 2.75) is 20.3 Å². The quantitative estimate of drug-likeness (QED) is 0.844. The van der Waals surface area contributed by atoms with Crippen LogP contribution in [-0.4, -0.2) is 17.0 Å². The molecule has 1 aromatic heterocycles. The number of aromatic amines is 1. The van der Waals surface area contributed by atoms with Crippen molar-refractivity contribution >= 4 is 5.69 Å². The van der Waals surface area contributed by atoms with Gasteiger partial charge >= 0.3 is 0 Å². The molecule has 0 aliphatic rings. The number of imidazole rings is 1. The second-order valence-corrected chi connectivity index (χ2v) is 4.68. The van der Waals surface area contributed by atoms with Crippen molar-refractivity contribution < 1.29 is 0 Å². The van der Waals surface area contributed by atoms with Crippen LogP contribution in [0.5, 0.6) is 0 Å². The van der Waals surface area contributed by atoms with Crippen LogP contribution in [0.15, 0.2) is 30.5 Å². The van der Waals surface area contributed by atoms with Crippen LogP contribution in [0.3, 0.4) is 0 Å². The molecule has 17 heavy (non-hydrogen) atoms. The second kappa shape index (κ2) is 5.04. The van der Waals surface area contributed by atoms with E-state index in [4.69, 9.17) is 0 Å². The van der Waals surface area contributed by atoms with Crippen molar-refractivity contribution in [3.8, 4) is 11.4 Å². The number of nitrogens with zero attached hydrogens (tertiary/aromatic N) is 1. The van der Waals surface area contributed by atoms with Gasteiger partial charge in [-0.15, -0.1) is 0 Å². The molecule has 2 N–H and O–H groups in total. The highest BCUT2D eigenvalue weighted by atomic mass is 14.9. The van der Waals surface area contributed by atoms with E-state index in [9.17, 15) is 0 Å². The molecular formula is C14H19N3. The van der Waals surface area contributed by atoms with Gasteiger partial charge in [0.2, 0.25) is 0 Å². The van der Waals surface area contributed by atoms with E-state index in [0.29, 0.717) is 5.92 Å². The standard InChI is InChI=1S/C14H19N3/c1-10(2)8-13-9-16-14(17-13)11-4-6-12(15-3)7-5-11/h4-7,9-10,15H,8H2,1-3H3,(H,16,17). The molecular weight excluding hydrogens is 210 g/mol. The third-order valence-corrected chi connectivity index (χ3v) is 2.70. The maximum absolute atomic E-state index is 4.42. The Bertz CT molecular complexity index is 468. The van der Waals surface area contributed by atoms with E-state index in [1.54, 1.807) is 0 Å². The predicted molar refractivity (Wildman–Crippen MR) is 72.1 cm³/mol. The molecule has 0 saturated carbocycles. The van der Waals surface area contributed by atoms with Gasteiger partial charge in [-0.3, -0.25) is 0 Å². The van der Waals surface area contributed by atoms with Gasteiger partial charge in [-0.1, -0.05) is 13.8 Å². The molecule has 0 unspecified atom stereocenters. The Morgan fingerprint density at radius 2 is 1.94 bits per heavy atom. The van der Waals surface area contributed by atoms with Crippen molar-refractivity contribution in [1.29, 1.82) is 0 Å². The Kier molecular flexibility index (Phi) is 3.47. The molecule has 0 radical (unpaired) electrons. The summed E-state index contributed by atoms with van der Waals surface area (Å²) in [7, 11) is 1.92. The molecule has 0 atom stereocenters. The summed E-state index contributed by atoms with van der Waals surface area (Å²) in [6.07, 6.45) is 2.98. The summed E-state index contributed by atoms with van der Waals surface area (Å²) < 4.78 is 0. The number of nitrogens with one attached hydrogen (secondary N) is 2. The fourth-order valence-corrected chi connectivity index (χ4v) is 1.84. The van der Waals surface area contributed by atoms with Crippen molar-refractivity contribution in [2.75, 3.05) is 12.4 Å². The first-order chi connectivity index (χ1) is 8.19. The zero-order chi connectivity index (χ0) is 12.3. The molecule has 90 valence electrons. The summed E-state index contributed by atoms with van der Waals surface area (Å²) in [4.78, 5) is 7.79. The molecule has 2 rings (SSSR count). The lowest BCUT2D eigenvalue weighted by Gasteiger charge is -2.02. The first-order valence-electron chi connectivity index (χ1n) is 6.01. The van der Waals surface area contributed by atoms with Crippen LogP contribution in [0.1, 0.15) is 19.5 Å². The number of rotatable bonds is 4. The Balaban J connectivity index is 2.18. The molecule has 1 aromatic carbocycles. The molecule has 0 aliphatic carbocycles. The average Bonchev–Trinajstić information content (AvgIpc) is 2.77. The Morgan fingerprint density at radius 3 is 2.53 bits per heavy atom. The maximum atomic E-state index is 4.42. The molecule has 3 heteroatoms. The lowest BCUT2D eigenvalue weighted by atomic mass is 10.1. The minimum atomic E-state index is 0.648. The van der Waals surface area contributed by atoms with Gasteiger partial charge in [0.1, 0.15) is 5.82 Å². The van der Waals surface area contributed by atoms with Crippen LogP contribution in [0.2, 0.25) is 0 Å². The minimum Gasteiger partial charge on any atom is -0.388 e. The normalized spacial score (nSPS) is 10.8. The highest BCUT2D eigenvalue weighted by molar-refractivity contribution is 5.59. The molecule has 0 aliphatic heterocycles. The van der Waals surface area contributed by atoms with E-state index in [2.05, 4.69) is 53.4 Å². The fraction of sp³-hybridized carbons (Fsp3) is 0.357. The van der Waals surface area contributed by atoms with Gasteiger partial charge in [0.25, 0.3) is 0 Å². The van der Waals surface area contributed by atoms with E-state index in [1.165, 1.54) is 5.69 Å². The third kappa shape index (κ3) is 2.87. The molecule has 0 bridgehead atoms. The number of hydrogen-bond acceptors (Lipinski definition) is 2. The van der Waals surface area contributed by atoms with E-state index in [1.807, 2.05) is 13.2 Å². The first kappa shape index (κ1) is 11.7.